The summed E-state index contributed by atoms with van der Waals surface area (Å²) < 4.78 is 6.84. The highest BCUT2D eigenvalue weighted by Gasteiger charge is 2.22. The molecule has 1 atom stereocenters. The molecule has 3 rings (SSSR count). The molecule has 0 aliphatic heterocycles. The maximum Gasteiger partial charge on any atom is 0.350 e. The highest BCUT2D eigenvalue weighted by atomic mass is 32.1. The molecule has 0 aliphatic rings. The minimum atomic E-state index is -0.492. The minimum Gasteiger partial charge on any atom is -0.459 e. The van der Waals surface area contributed by atoms with Gasteiger partial charge in [-0.2, -0.15) is 10.4 Å². The van der Waals surface area contributed by atoms with Crippen molar-refractivity contribution in [3.8, 4) is 17.3 Å². The maximum absolute atomic E-state index is 12.7. The third kappa shape index (κ3) is 7.30. The van der Waals surface area contributed by atoms with Gasteiger partial charge in [0.2, 0.25) is 5.91 Å². The summed E-state index contributed by atoms with van der Waals surface area (Å²) in [5.74, 6) is -1.26. The number of nitrogens with zero attached hydrogens (tertiary/aromatic N) is 5. The SMILES string of the molecule is Cc1nc(NC(=O)C[C@H](CC#N)[Si]NC(=O)c2cccc(-c3cnn(C)c3)n2)sc1C(=O)OC(C)C. The summed E-state index contributed by atoms with van der Waals surface area (Å²) in [5, 5.41) is 16.2. The zero-order valence-electron chi connectivity index (χ0n) is 20.2. The van der Waals surface area contributed by atoms with Crippen LogP contribution in [0.5, 0.6) is 0 Å². The molecule has 2 N–H and O–H groups in total. The van der Waals surface area contributed by atoms with Crippen LogP contribution in [0, 0.1) is 18.3 Å². The summed E-state index contributed by atoms with van der Waals surface area (Å²) in [7, 11) is 1.62. The fourth-order valence-corrected chi connectivity index (χ4v) is 4.90. The fraction of sp³-hybridized carbons (Fsp3) is 0.348. The normalized spacial score (nSPS) is 11.6. The number of nitrogens with one attached hydrogen (secondary N) is 2. The van der Waals surface area contributed by atoms with Crippen LogP contribution in [0.15, 0.2) is 30.6 Å². The zero-order chi connectivity index (χ0) is 26.2. The molecule has 0 fully saturated rings. The second kappa shape index (κ2) is 12.2. The Kier molecular flexibility index (Phi) is 9.04. The molecule has 186 valence electrons. The number of amides is 2. The number of esters is 1. The van der Waals surface area contributed by atoms with Crippen molar-refractivity contribution >= 4 is 43.9 Å². The lowest BCUT2D eigenvalue weighted by molar-refractivity contribution is -0.116. The van der Waals surface area contributed by atoms with Crippen LogP contribution in [0.4, 0.5) is 5.13 Å². The highest BCUT2D eigenvalue weighted by Crippen LogP contribution is 2.25. The number of aromatic nitrogens is 4. The number of aryl methyl sites for hydroxylation is 2. The van der Waals surface area contributed by atoms with Crippen LogP contribution in [0.1, 0.15) is 52.5 Å². The molecule has 0 aliphatic carbocycles. The molecule has 0 bridgehead atoms. The summed E-state index contributed by atoms with van der Waals surface area (Å²) in [6, 6.07) is 7.17. The second-order valence-electron chi connectivity index (χ2n) is 8.11. The van der Waals surface area contributed by atoms with Gasteiger partial charge in [0.1, 0.15) is 10.6 Å². The van der Waals surface area contributed by atoms with E-state index < -0.39 is 17.4 Å². The van der Waals surface area contributed by atoms with Gasteiger partial charge in [-0.1, -0.05) is 17.4 Å². The van der Waals surface area contributed by atoms with Crippen LogP contribution in [-0.4, -0.2) is 53.3 Å². The molecule has 36 heavy (non-hydrogen) atoms. The first-order valence-electron chi connectivity index (χ1n) is 11.0. The summed E-state index contributed by atoms with van der Waals surface area (Å²) in [4.78, 5) is 49.1. The van der Waals surface area contributed by atoms with E-state index in [9.17, 15) is 19.6 Å². The van der Waals surface area contributed by atoms with Gasteiger partial charge in [-0.3, -0.25) is 14.3 Å². The number of anilines is 1. The monoisotopic (exact) mass is 523 g/mol. The summed E-state index contributed by atoms with van der Waals surface area (Å²) in [6.07, 6.45) is 3.27. The van der Waals surface area contributed by atoms with Gasteiger partial charge >= 0.3 is 5.97 Å². The second-order valence-corrected chi connectivity index (χ2v) is 10.5. The van der Waals surface area contributed by atoms with Crippen LogP contribution >= 0.6 is 11.3 Å². The van der Waals surface area contributed by atoms with Crippen LogP contribution in [0.3, 0.4) is 0 Å². The van der Waals surface area contributed by atoms with Crippen LogP contribution in [0.2, 0.25) is 5.54 Å². The van der Waals surface area contributed by atoms with E-state index in [1.807, 2.05) is 0 Å². The molecule has 11 nitrogen and oxygen atoms in total. The van der Waals surface area contributed by atoms with Gasteiger partial charge in [0.15, 0.2) is 14.8 Å². The number of thiazole rings is 1. The van der Waals surface area contributed by atoms with Gasteiger partial charge in [-0.25, -0.2) is 14.8 Å². The smallest absolute Gasteiger partial charge is 0.350 e. The minimum absolute atomic E-state index is 0.000160. The molecular weight excluding hydrogens is 498 g/mol. The molecule has 2 amide bonds. The van der Waals surface area contributed by atoms with Gasteiger partial charge in [0, 0.05) is 31.6 Å². The molecular formula is C23H25N7O4SSi. The number of carbonyl (C=O) groups excluding carboxylic acids is 3. The van der Waals surface area contributed by atoms with Gasteiger partial charge in [0.25, 0.3) is 5.91 Å². The molecule has 3 aromatic heterocycles. The Labute approximate surface area is 214 Å². The van der Waals surface area contributed by atoms with E-state index in [1.54, 1.807) is 63.1 Å². The van der Waals surface area contributed by atoms with E-state index >= 15 is 0 Å². The van der Waals surface area contributed by atoms with Crippen molar-refractivity contribution in [2.24, 2.45) is 7.05 Å². The molecule has 0 saturated carbocycles. The summed E-state index contributed by atoms with van der Waals surface area (Å²) >= 11 is 1.03. The average molecular weight is 524 g/mol. The van der Waals surface area contributed by atoms with Gasteiger partial charge in [-0.05, 0) is 38.4 Å². The van der Waals surface area contributed by atoms with Crippen molar-refractivity contribution in [2.75, 3.05) is 5.32 Å². The van der Waals surface area contributed by atoms with E-state index in [-0.39, 0.29) is 45.4 Å². The first-order valence-corrected chi connectivity index (χ1v) is 12.9. The van der Waals surface area contributed by atoms with E-state index in [2.05, 4.69) is 31.4 Å². The molecule has 0 spiro atoms. The standard InChI is InChI=1S/C23H25N7O4SSi/c1-13(2)34-22(33)20-14(3)26-23(35-20)28-19(31)10-16(8-9-24)36-29-21(32)18-7-5-6-17(27-18)15-11-25-30(4)12-15/h5-7,11-13,16H,8,10H2,1-4H3,(H,29,32)(H,26,28,31)/t16-/m0/s1. The Hall–Kier alpha value is -3.89. The van der Waals surface area contributed by atoms with E-state index in [1.165, 1.54) is 0 Å². The van der Waals surface area contributed by atoms with Crippen molar-refractivity contribution in [1.82, 2.24) is 24.7 Å². The number of hydrogen-bond donors (Lipinski definition) is 2. The molecule has 0 aromatic carbocycles. The lowest BCUT2D eigenvalue weighted by Crippen LogP contribution is -2.32. The van der Waals surface area contributed by atoms with Crippen LogP contribution in [0.25, 0.3) is 11.3 Å². The third-order valence-corrected chi connectivity index (χ3v) is 6.95. The predicted octanol–water partition coefficient (Wildman–Crippen LogP) is 2.89. The van der Waals surface area contributed by atoms with Gasteiger partial charge in [-0.15, -0.1) is 0 Å². The Morgan fingerprint density at radius 1 is 1.28 bits per heavy atom. The molecule has 13 heteroatoms. The summed E-state index contributed by atoms with van der Waals surface area (Å²) in [5.41, 5.74) is 1.69. The highest BCUT2D eigenvalue weighted by molar-refractivity contribution is 7.17. The largest absolute Gasteiger partial charge is 0.459 e. The lowest BCUT2D eigenvalue weighted by atomic mass is 10.2. The number of ether oxygens (including phenoxy) is 1. The predicted molar refractivity (Wildman–Crippen MR) is 134 cm³/mol. The lowest BCUT2D eigenvalue weighted by Gasteiger charge is -2.12. The number of pyridine rings is 1. The van der Waals surface area contributed by atoms with E-state index in [4.69, 9.17) is 4.74 Å². The molecule has 3 heterocycles. The Morgan fingerprint density at radius 3 is 2.72 bits per heavy atom. The van der Waals surface area contributed by atoms with Crippen LogP contribution < -0.4 is 10.3 Å². The third-order valence-electron chi connectivity index (χ3n) is 4.71. The number of carbonyl (C=O) groups is 3. The topological polar surface area (TPSA) is 152 Å². The van der Waals surface area contributed by atoms with Crippen LogP contribution in [-0.2, 0) is 16.6 Å². The van der Waals surface area contributed by atoms with Crippen molar-refractivity contribution < 1.29 is 19.1 Å². The quantitative estimate of drug-likeness (QED) is 0.304. The van der Waals surface area contributed by atoms with E-state index in [0.717, 1.165) is 16.9 Å². The Balaban J connectivity index is 1.58. The number of hydrogen-bond acceptors (Lipinski definition) is 9. The first kappa shape index (κ1) is 26.7. The Morgan fingerprint density at radius 2 is 2.06 bits per heavy atom. The van der Waals surface area contributed by atoms with Crippen molar-refractivity contribution in [3.63, 3.8) is 0 Å². The van der Waals surface area contributed by atoms with Crippen molar-refractivity contribution in [1.29, 1.82) is 5.26 Å². The molecule has 2 radical (unpaired) electrons. The van der Waals surface area contributed by atoms with Gasteiger partial charge in [0.05, 0.1) is 29.8 Å². The zero-order valence-corrected chi connectivity index (χ0v) is 22.0. The van der Waals surface area contributed by atoms with Gasteiger partial charge < -0.3 is 15.0 Å². The van der Waals surface area contributed by atoms with Crippen molar-refractivity contribution in [2.45, 2.75) is 45.3 Å². The fourth-order valence-electron chi connectivity index (χ4n) is 3.09. The molecule has 0 saturated heterocycles. The molecule has 3 aromatic rings. The number of rotatable bonds is 10. The maximum atomic E-state index is 12.7. The molecule has 0 unspecified atom stereocenters. The van der Waals surface area contributed by atoms with Crippen molar-refractivity contribution in [3.05, 3.63) is 46.9 Å². The van der Waals surface area contributed by atoms with E-state index in [0.29, 0.717) is 16.3 Å². The average Bonchev–Trinajstić information content (AvgIpc) is 3.42. The summed E-state index contributed by atoms with van der Waals surface area (Å²) in [6.45, 7) is 5.16. The number of nitriles is 1. The first-order chi connectivity index (χ1) is 17.2. The Bertz CT molecular complexity index is 1300.